The van der Waals surface area contributed by atoms with E-state index < -0.39 is 5.92 Å². The van der Waals surface area contributed by atoms with Gasteiger partial charge in [0.1, 0.15) is 0 Å². The van der Waals surface area contributed by atoms with Crippen molar-refractivity contribution in [3.63, 3.8) is 0 Å². The molecule has 1 aromatic carbocycles. The molecule has 1 fully saturated rings. The zero-order chi connectivity index (χ0) is 18.7. The largest absolute Gasteiger partial charge is 0.462 e. The van der Waals surface area contributed by atoms with Crippen LogP contribution in [0.4, 0.5) is 0 Å². The van der Waals surface area contributed by atoms with Gasteiger partial charge in [0.15, 0.2) is 0 Å². The smallest absolute Gasteiger partial charge is 0.336 e. The number of carbonyl (C=O) groups is 2. The molecule has 3 rings (SSSR count). The first-order chi connectivity index (χ1) is 12.5. The summed E-state index contributed by atoms with van der Waals surface area (Å²) in [6.07, 6.45) is 6.00. The quantitative estimate of drug-likeness (QED) is 0.730. The molecule has 1 aliphatic heterocycles. The number of halogens is 2. The SMILES string of the molecule is CC1=C(C(=O)OCC2CCCCC2)[C@@H](c2cccc(Cl)c2Cl)CC(=O)N1. The summed E-state index contributed by atoms with van der Waals surface area (Å²) in [4.78, 5) is 24.9. The summed E-state index contributed by atoms with van der Waals surface area (Å²) < 4.78 is 5.62. The molecule has 1 atom stereocenters. The average Bonchev–Trinajstić information content (AvgIpc) is 2.62. The van der Waals surface area contributed by atoms with E-state index in [1.165, 1.54) is 19.3 Å². The van der Waals surface area contributed by atoms with E-state index in [0.717, 1.165) is 12.8 Å². The first-order valence-corrected chi connectivity index (χ1v) is 9.84. The molecule has 1 heterocycles. The highest BCUT2D eigenvalue weighted by atomic mass is 35.5. The van der Waals surface area contributed by atoms with Gasteiger partial charge in [-0.3, -0.25) is 4.79 Å². The maximum absolute atomic E-state index is 12.8. The molecule has 1 N–H and O–H groups in total. The molecular formula is C20H23Cl2NO3. The van der Waals surface area contributed by atoms with Gasteiger partial charge in [-0.1, -0.05) is 54.6 Å². The van der Waals surface area contributed by atoms with E-state index in [-0.39, 0.29) is 18.3 Å². The molecule has 2 aliphatic rings. The van der Waals surface area contributed by atoms with Crippen LogP contribution in [-0.4, -0.2) is 18.5 Å². The molecule has 6 heteroatoms. The Morgan fingerprint density at radius 1 is 1.23 bits per heavy atom. The monoisotopic (exact) mass is 395 g/mol. The second-order valence-corrected chi connectivity index (χ2v) is 7.87. The van der Waals surface area contributed by atoms with Crippen LogP contribution in [-0.2, 0) is 14.3 Å². The third kappa shape index (κ3) is 4.24. The number of amides is 1. The van der Waals surface area contributed by atoms with Crippen molar-refractivity contribution >= 4 is 35.1 Å². The van der Waals surface area contributed by atoms with Crippen LogP contribution in [0.1, 0.15) is 56.9 Å². The number of allylic oxidation sites excluding steroid dienone is 1. The van der Waals surface area contributed by atoms with Crippen molar-refractivity contribution < 1.29 is 14.3 Å². The number of benzene rings is 1. The molecule has 0 aromatic heterocycles. The van der Waals surface area contributed by atoms with Crippen LogP contribution in [0, 0.1) is 5.92 Å². The molecule has 0 spiro atoms. The summed E-state index contributed by atoms with van der Waals surface area (Å²) in [7, 11) is 0. The number of nitrogens with one attached hydrogen (secondary N) is 1. The highest BCUT2D eigenvalue weighted by molar-refractivity contribution is 6.42. The van der Waals surface area contributed by atoms with Crippen LogP contribution in [0.3, 0.4) is 0 Å². The van der Waals surface area contributed by atoms with Gasteiger partial charge >= 0.3 is 5.97 Å². The summed E-state index contributed by atoms with van der Waals surface area (Å²) in [5.41, 5.74) is 1.67. The van der Waals surface area contributed by atoms with Crippen LogP contribution in [0.5, 0.6) is 0 Å². The lowest BCUT2D eigenvalue weighted by molar-refractivity contribution is -0.141. The Bertz CT molecular complexity index is 739. The van der Waals surface area contributed by atoms with Gasteiger partial charge in [-0.05, 0) is 37.3 Å². The van der Waals surface area contributed by atoms with Gasteiger partial charge in [0.25, 0.3) is 0 Å². The van der Waals surface area contributed by atoms with Crippen molar-refractivity contribution in [3.05, 3.63) is 45.1 Å². The molecule has 1 aliphatic carbocycles. The maximum atomic E-state index is 12.8. The third-order valence-corrected chi connectivity index (χ3v) is 6.05. The van der Waals surface area contributed by atoms with Crippen LogP contribution in [0.25, 0.3) is 0 Å². The average molecular weight is 396 g/mol. The predicted molar refractivity (Wildman–Crippen MR) is 102 cm³/mol. The van der Waals surface area contributed by atoms with E-state index in [1.54, 1.807) is 25.1 Å². The number of carbonyl (C=O) groups excluding carboxylic acids is 2. The fourth-order valence-corrected chi connectivity index (χ4v) is 4.29. The lowest BCUT2D eigenvalue weighted by atomic mass is 9.84. The molecule has 0 saturated heterocycles. The maximum Gasteiger partial charge on any atom is 0.336 e. The highest BCUT2D eigenvalue weighted by Crippen LogP contribution is 2.39. The van der Waals surface area contributed by atoms with E-state index in [1.807, 2.05) is 0 Å². The normalized spacial score (nSPS) is 21.5. The Labute approximate surface area is 163 Å². The first kappa shape index (κ1) is 19.2. The summed E-state index contributed by atoms with van der Waals surface area (Å²) >= 11 is 12.5. The highest BCUT2D eigenvalue weighted by Gasteiger charge is 2.34. The number of hydrogen-bond acceptors (Lipinski definition) is 3. The topological polar surface area (TPSA) is 55.4 Å². The Morgan fingerprint density at radius 2 is 1.96 bits per heavy atom. The number of hydrogen-bond donors (Lipinski definition) is 1. The second-order valence-electron chi connectivity index (χ2n) is 7.09. The van der Waals surface area contributed by atoms with Gasteiger partial charge in [0.2, 0.25) is 5.91 Å². The van der Waals surface area contributed by atoms with Crippen LogP contribution < -0.4 is 5.32 Å². The zero-order valence-corrected chi connectivity index (χ0v) is 16.3. The van der Waals surface area contributed by atoms with Crippen LogP contribution in [0.2, 0.25) is 10.0 Å². The summed E-state index contributed by atoms with van der Waals surface area (Å²) in [5, 5.41) is 3.53. The van der Waals surface area contributed by atoms with E-state index in [4.69, 9.17) is 27.9 Å². The van der Waals surface area contributed by atoms with Gasteiger partial charge in [0.05, 0.1) is 22.2 Å². The molecular weight excluding hydrogens is 373 g/mol. The van der Waals surface area contributed by atoms with E-state index in [2.05, 4.69) is 5.32 Å². The molecule has 1 saturated carbocycles. The fourth-order valence-electron chi connectivity index (χ4n) is 3.85. The summed E-state index contributed by atoms with van der Waals surface area (Å²) in [5.74, 6) is -0.546. The molecule has 1 amide bonds. The lowest BCUT2D eigenvalue weighted by Gasteiger charge is -2.28. The summed E-state index contributed by atoms with van der Waals surface area (Å²) in [6, 6.07) is 5.27. The lowest BCUT2D eigenvalue weighted by Crippen LogP contribution is -2.34. The Balaban J connectivity index is 1.83. The van der Waals surface area contributed by atoms with E-state index in [9.17, 15) is 9.59 Å². The number of esters is 1. The molecule has 1 aromatic rings. The van der Waals surface area contributed by atoms with Gasteiger partial charge in [-0.2, -0.15) is 0 Å². The molecule has 0 unspecified atom stereocenters. The summed E-state index contributed by atoms with van der Waals surface area (Å²) in [6.45, 7) is 2.15. The van der Waals surface area contributed by atoms with Gasteiger partial charge in [-0.25, -0.2) is 4.79 Å². The number of rotatable bonds is 4. The van der Waals surface area contributed by atoms with Gasteiger partial charge in [0, 0.05) is 18.0 Å². The minimum atomic E-state index is -0.450. The zero-order valence-electron chi connectivity index (χ0n) is 14.8. The Morgan fingerprint density at radius 3 is 2.69 bits per heavy atom. The van der Waals surface area contributed by atoms with Crippen LogP contribution in [0.15, 0.2) is 29.5 Å². The minimum absolute atomic E-state index is 0.144. The van der Waals surface area contributed by atoms with Crippen molar-refractivity contribution in [2.75, 3.05) is 6.61 Å². The van der Waals surface area contributed by atoms with Crippen molar-refractivity contribution in [2.24, 2.45) is 5.92 Å². The predicted octanol–water partition coefficient (Wildman–Crippen LogP) is 4.99. The molecule has 26 heavy (non-hydrogen) atoms. The van der Waals surface area contributed by atoms with Crippen molar-refractivity contribution in [1.29, 1.82) is 0 Å². The minimum Gasteiger partial charge on any atom is -0.462 e. The molecule has 4 nitrogen and oxygen atoms in total. The molecule has 140 valence electrons. The van der Waals surface area contributed by atoms with E-state index in [0.29, 0.717) is 39.4 Å². The standard InChI is InChI=1S/C20H23Cl2NO3/c1-12-18(20(25)26-11-13-6-3-2-4-7-13)15(10-17(24)23-12)14-8-5-9-16(21)19(14)22/h5,8-9,13,15H,2-4,6-7,10-11H2,1H3,(H,23,24)/t15-/m1/s1. The second kappa shape index (κ2) is 8.45. The fraction of sp³-hybridized carbons (Fsp3) is 0.500. The number of ether oxygens (including phenoxy) is 1. The Hall–Kier alpha value is -1.52. The molecule has 0 radical (unpaired) electrons. The van der Waals surface area contributed by atoms with Gasteiger partial charge < -0.3 is 10.1 Å². The first-order valence-electron chi connectivity index (χ1n) is 9.09. The van der Waals surface area contributed by atoms with Crippen LogP contribution >= 0.6 is 23.2 Å². The third-order valence-electron chi connectivity index (χ3n) is 5.22. The van der Waals surface area contributed by atoms with Crippen molar-refractivity contribution in [2.45, 2.75) is 51.4 Å². The Kier molecular flexibility index (Phi) is 6.25. The van der Waals surface area contributed by atoms with Gasteiger partial charge in [-0.15, -0.1) is 0 Å². The van der Waals surface area contributed by atoms with E-state index >= 15 is 0 Å². The van der Waals surface area contributed by atoms with Crippen molar-refractivity contribution in [3.8, 4) is 0 Å². The van der Waals surface area contributed by atoms with Crippen molar-refractivity contribution in [1.82, 2.24) is 5.32 Å². The molecule has 0 bridgehead atoms.